The molecule has 0 bridgehead atoms. The fourth-order valence-corrected chi connectivity index (χ4v) is 4.83. The van der Waals surface area contributed by atoms with Crippen molar-refractivity contribution in [2.45, 2.75) is 19.8 Å². The normalized spacial score (nSPS) is 17.3. The number of carbonyl (C=O) groups is 1. The molecule has 0 saturated heterocycles. The number of likely N-dealkylation sites (N-methyl/N-ethyl adjacent to an activating group) is 1. The molecule has 5 rings (SSSR count). The van der Waals surface area contributed by atoms with Crippen molar-refractivity contribution in [3.05, 3.63) is 101 Å². The van der Waals surface area contributed by atoms with Crippen molar-refractivity contribution in [1.82, 2.24) is 20.6 Å². The van der Waals surface area contributed by atoms with Gasteiger partial charge in [0, 0.05) is 11.1 Å². The zero-order chi connectivity index (χ0) is 25.1. The fraction of sp³-hybridized carbons (Fsp3) is 0.179. The topological polar surface area (TPSA) is 104 Å². The molecule has 1 aliphatic rings. The highest BCUT2D eigenvalue weighted by molar-refractivity contribution is 6.27. The molecule has 1 atom stereocenters. The molecule has 4 aromatic rings. The number of aliphatic carboxylic acids is 1. The third kappa shape index (κ3) is 4.34. The molecule has 2 N–H and O–H groups in total. The molecule has 0 amide bonds. The van der Waals surface area contributed by atoms with Gasteiger partial charge in [0.2, 0.25) is 0 Å². The SMILES string of the molecule is CCC[N+]1(C)N=C(c2ccc(-c3ccccc3-c3nnn[nH]3)cc2)C(C(=O)O)=C1Cc1ccccc1. The molecule has 0 fully saturated rings. The van der Waals surface area contributed by atoms with Crippen LogP contribution in [0, 0.1) is 0 Å². The Labute approximate surface area is 209 Å². The molecule has 2 heterocycles. The highest BCUT2D eigenvalue weighted by atomic mass is 16.4. The van der Waals surface area contributed by atoms with Crippen molar-refractivity contribution < 1.29 is 14.5 Å². The van der Waals surface area contributed by atoms with Gasteiger partial charge in [-0.25, -0.2) is 9.89 Å². The van der Waals surface area contributed by atoms with Crippen LogP contribution in [0.5, 0.6) is 0 Å². The number of carboxylic acids is 1. The van der Waals surface area contributed by atoms with Crippen molar-refractivity contribution in [3.8, 4) is 22.5 Å². The van der Waals surface area contributed by atoms with Gasteiger partial charge >= 0.3 is 5.97 Å². The van der Waals surface area contributed by atoms with E-state index in [2.05, 4.69) is 27.5 Å². The van der Waals surface area contributed by atoms with Gasteiger partial charge in [-0.2, -0.15) is 4.59 Å². The molecule has 180 valence electrons. The number of aromatic amines is 1. The van der Waals surface area contributed by atoms with Gasteiger partial charge in [0.1, 0.15) is 12.3 Å². The number of benzene rings is 3. The summed E-state index contributed by atoms with van der Waals surface area (Å²) in [6.45, 7) is 2.81. The average Bonchev–Trinajstić information content (AvgIpc) is 3.52. The molecule has 0 aliphatic carbocycles. The zero-order valence-corrected chi connectivity index (χ0v) is 20.2. The third-order valence-electron chi connectivity index (χ3n) is 6.51. The van der Waals surface area contributed by atoms with Crippen LogP contribution in [0.25, 0.3) is 22.5 Å². The molecular formula is C28H27N6O2+. The van der Waals surface area contributed by atoms with Gasteiger partial charge in [-0.1, -0.05) is 90.9 Å². The van der Waals surface area contributed by atoms with E-state index in [1.54, 1.807) is 0 Å². The molecule has 36 heavy (non-hydrogen) atoms. The van der Waals surface area contributed by atoms with Gasteiger partial charge in [-0.05, 0) is 33.5 Å². The Balaban J connectivity index is 1.56. The van der Waals surface area contributed by atoms with Crippen molar-refractivity contribution in [1.29, 1.82) is 0 Å². The van der Waals surface area contributed by atoms with Crippen LogP contribution in [-0.2, 0) is 11.2 Å². The molecule has 0 spiro atoms. The predicted octanol–water partition coefficient (Wildman–Crippen LogP) is 4.69. The van der Waals surface area contributed by atoms with Crippen LogP contribution in [0.1, 0.15) is 24.5 Å². The maximum Gasteiger partial charge on any atom is 0.344 e. The van der Waals surface area contributed by atoms with Gasteiger partial charge in [0.15, 0.2) is 17.1 Å². The van der Waals surface area contributed by atoms with E-state index in [0.29, 0.717) is 18.0 Å². The monoisotopic (exact) mass is 479 g/mol. The molecule has 1 unspecified atom stereocenters. The van der Waals surface area contributed by atoms with Gasteiger partial charge in [-0.15, -0.1) is 5.10 Å². The smallest absolute Gasteiger partial charge is 0.344 e. The lowest BCUT2D eigenvalue weighted by atomic mass is 9.94. The number of nitrogens with zero attached hydrogens (tertiary/aromatic N) is 5. The second-order valence-corrected chi connectivity index (χ2v) is 8.97. The number of allylic oxidation sites excluding steroid dienone is 1. The Bertz CT molecular complexity index is 1440. The minimum absolute atomic E-state index is 0.242. The van der Waals surface area contributed by atoms with E-state index in [1.807, 2.05) is 85.9 Å². The summed E-state index contributed by atoms with van der Waals surface area (Å²) in [6.07, 6.45) is 1.41. The minimum Gasteiger partial charge on any atom is -0.477 e. The first-order valence-corrected chi connectivity index (χ1v) is 11.9. The van der Waals surface area contributed by atoms with Crippen LogP contribution < -0.4 is 0 Å². The highest BCUT2D eigenvalue weighted by Crippen LogP contribution is 2.35. The Morgan fingerprint density at radius 1 is 0.917 bits per heavy atom. The number of nitrogens with one attached hydrogen (secondary N) is 1. The summed E-state index contributed by atoms with van der Waals surface area (Å²) in [5, 5.41) is 29.5. The van der Waals surface area contributed by atoms with Crippen molar-refractivity contribution in [3.63, 3.8) is 0 Å². The number of aromatic nitrogens is 4. The first-order valence-electron chi connectivity index (χ1n) is 11.9. The second-order valence-electron chi connectivity index (χ2n) is 8.97. The van der Waals surface area contributed by atoms with Crippen molar-refractivity contribution in [2.75, 3.05) is 13.6 Å². The van der Waals surface area contributed by atoms with Gasteiger partial charge < -0.3 is 5.11 Å². The quantitative estimate of drug-likeness (QED) is 0.357. The zero-order valence-electron chi connectivity index (χ0n) is 20.2. The van der Waals surface area contributed by atoms with E-state index in [0.717, 1.165) is 46.5 Å². The molecule has 1 aromatic heterocycles. The Morgan fingerprint density at radius 3 is 2.22 bits per heavy atom. The number of rotatable bonds is 8. The standard InChI is InChI=1S/C28H26N6O2/c1-3-17-34(2)24(18-19-9-5-4-6-10-19)25(28(35)36)26(31-34)21-15-13-20(14-16-21)22-11-7-8-12-23(22)27-29-32-33-30-27/h4-16H,3,17-18H2,1-2H3,(H-,29,30,31,32,33,35,36)/p+1. The van der Waals surface area contributed by atoms with Crippen LogP contribution in [-0.4, -0.2) is 55.6 Å². The molecule has 8 heteroatoms. The minimum atomic E-state index is -0.954. The van der Waals surface area contributed by atoms with E-state index in [4.69, 9.17) is 5.10 Å². The molecule has 8 nitrogen and oxygen atoms in total. The maximum atomic E-state index is 12.6. The van der Waals surface area contributed by atoms with Crippen molar-refractivity contribution in [2.24, 2.45) is 5.10 Å². The Morgan fingerprint density at radius 2 is 1.58 bits per heavy atom. The Kier molecular flexibility index (Phi) is 6.26. The lowest BCUT2D eigenvalue weighted by Crippen LogP contribution is -2.37. The lowest BCUT2D eigenvalue weighted by Gasteiger charge is -2.26. The number of quaternary nitrogens is 1. The number of H-pyrrole nitrogens is 1. The summed E-state index contributed by atoms with van der Waals surface area (Å²) >= 11 is 0. The van der Waals surface area contributed by atoms with E-state index in [9.17, 15) is 9.90 Å². The van der Waals surface area contributed by atoms with E-state index >= 15 is 0 Å². The van der Waals surface area contributed by atoms with Gasteiger partial charge in [-0.3, -0.25) is 0 Å². The number of carboxylic acid groups (broad SMARTS) is 1. The number of hydrogen-bond donors (Lipinski definition) is 2. The molecule has 1 aliphatic heterocycles. The summed E-state index contributed by atoms with van der Waals surface area (Å²) in [4.78, 5) is 12.6. The summed E-state index contributed by atoms with van der Waals surface area (Å²) in [6, 6.07) is 25.7. The molecule has 0 radical (unpaired) electrons. The largest absolute Gasteiger partial charge is 0.477 e. The second kappa shape index (κ2) is 9.67. The maximum absolute atomic E-state index is 12.6. The van der Waals surface area contributed by atoms with Crippen LogP contribution in [0.15, 0.2) is 95.2 Å². The van der Waals surface area contributed by atoms with E-state index in [1.165, 1.54) is 0 Å². The van der Waals surface area contributed by atoms with E-state index in [-0.39, 0.29) is 10.2 Å². The number of hydrogen-bond acceptors (Lipinski definition) is 5. The van der Waals surface area contributed by atoms with Crippen molar-refractivity contribution >= 4 is 11.7 Å². The van der Waals surface area contributed by atoms with Crippen LogP contribution in [0.3, 0.4) is 0 Å². The van der Waals surface area contributed by atoms with E-state index < -0.39 is 5.97 Å². The summed E-state index contributed by atoms with van der Waals surface area (Å²) in [5.74, 6) is -0.367. The van der Waals surface area contributed by atoms with Crippen LogP contribution >= 0.6 is 0 Å². The molecule has 3 aromatic carbocycles. The summed E-state index contributed by atoms with van der Waals surface area (Å²) in [7, 11) is 1.99. The predicted molar refractivity (Wildman–Crippen MR) is 138 cm³/mol. The number of tetrazole rings is 1. The molecule has 0 saturated carbocycles. The Hall–Kier alpha value is -4.43. The van der Waals surface area contributed by atoms with Crippen LogP contribution in [0.4, 0.5) is 0 Å². The first kappa shape index (κ1) is 23.3. The van der Waals surface area contributed by atoms with Crippen LogP contribution in [0.2, 0.25) is 0 Å². The highest BCUT2D eigenvalue weighted by Gasteiger charge is 2.43. The van der Waals surface area contributed by atoms with Gasteiger partial charge in [0.05, 0.1) is 13.5 Å². The lowest BCUT2D eigenvalue weighted by molar-refractivity contribution is -0.878. The summed E-state index contributed by atoms with van der Waals surface area (Å²) in [5.41, 5.74) is 6.28. The molecular weight excluding hydrogens is 452 g/mol. The fourth-order valence-electron chi connectivity index (χ4n) is 4.83. The van der Waals surface area contributed by atoms with Gasteiger partial charge in [0.25, 0.3) is 0 Å². The first-order chi connectivity index (χ1) is 17.5. The third-order valence-corrected chi connectivity index (χ3v) is 6.51. The summed E-state index contributed by atoms with van der Waals surface area (Å²) < 4.78 is 0.242. The average molecular weight is 480 g/mol.